The predicted octanol–water partition coefficient (Wildman–Crippen LogP) is 8.64. The Kier molecular flexibility index (Phi) is 10.3. The molecule has 0 N–H and O–H groups in total. The van der Waals surface area contributed by atoms with Gasteiger partial charge < -0.3 is 14.1 Å². The number of rotatable bonds is 12. The predicted molar refractivity (Wildman–Crippen MR) is 171 cm³/mol. The summed E-state index contributed by atoms with van der Waals surface area (Å²) >= 11 is 0. The van der Waals surface area contributed by atoms with E-state index in [2.05, 4.69) is 30.9 Å². The Morgan fingerprint density at radius 2 is 1.34 bits per heavy atom. The molecule has 0 saturated carbocycles. The zero-order valence-electron chi connectivity index (χ0n) is 24.5. The highest BCUT2D eigenvalue weighted by molar-refractivity contribution is 5.90. The van der Waals surface area contributed by atoms with E-state index in [9.17, 15) is 9.59 Å². The van der Waals surface area contributed by atoms with Gasteiger partial charge in [0.2, 0.25) is 0 Å². The van der Waals surface area contributed by atoms with Crippen LogP contribution in [0.1, 0.15) is 77.7 Å². The number of ether oxygens (including phenoxy) is 1. The fraction of sp³-hybridized carbons (Fsp3) is 0.278. The standard InChI is InChI=1S/C36H39NO4/c1-5-7-23-37(24-8-6-2)31-20-22-32-26(3)33(36(39)41-34(32)25-31)21-17-28-12-9-27(10-13-28)11-14-29-15-18-30(19-16-29)35(38)40-4/h9-22,25H,5-8,23-24H2,1-4H3/b14-11+,21-17+. The van der Waals surface area contributed by atoms with Crippen molar-refractivity contribution in [3.63, 3.8) is 0 Å². The molecule has 0 atom stereocenters. The van der Waals surface area contributed by atoms with E-state index in [0.717, 1.165) is 72.1 Å². The average molecular weight is 550 g/mol. The molecule has 5 nitrogen and oxygen atoms in total. The van der Waals surface area contributed by atoms with Crippen LogP contribution in [0.15, 0.2) is 75.9 Å². The van der Waals surface area contributed by atoms with Gasteiger partial charge in [-0.15, -0.1) is 0 Å². The molecular formula is C36H39NO4. The van der Waals surface area contributed by atoms with Crippen LogP contribution in [0, 0.1) is 6.92 Å². The Morgan fingerprint density at radius 3 is 1.88 bits per heavy atom. The Morgan fingerprint density at radius 1 is 0.805 bits per heavy atom. The molecule has 4 aromatic rings. The van der Waals surface area contributed by atoms with E-state index in [4.69, 9.17) is 9.15 Å². The normalized spacial score (nSPS) is 11.5. The van der Waals surface area contributed by atoms with Gasteiger partial charge in [-0.05, 0) is 72.4 Å². The maximum absolute atomic E-state index is 13.0. The van der Waals surface area contributed by atoms with Crippen molar-refractivity contribution in [1.29, 1.82) is 0 Å². The summed E-state index contributed by atoms with van der Waals surface area (Å²) in [5.41, 5.74) is 6.46. The molecule has 0 amide bonds. The number of fused-ring (bicyclic) bond motifs is 1. The number of nitrogens with zero attached hydrogens (tertiary/aromatic N) is 1. The second-order valence-corrected chi connectivity index (χ2v) is 10.2. The molecule has 0 aliphatic rings. The molecule has 0 bridgehead atoms. The van der Waals surface area contributed by atoms with Crippen molar-refractivity contribution in [2.24, 2.45) is 0 Å². The molecule has 0 fully saturated rings. The van der Waals surface area contributed by atoms with Crippen LogP contribution in [-0.4, -0.2) is 26.2 Å². The Bertz CT molecular complexity index is 1570. The Labute approximate surface area is 242 Å². The van der Waals surface area contributed by atoms with Crippen LogP contribution in [0.3, 0.4) is 0 Å². The van der Waals surface area contributed by atoms with Gasteiger partial charge in [0.25, 0.3) is 0 Å². The molecule has 0 aliphatic heterocycles. The highest BCUT2D eigenvalue weighted by atomic mass is 16.5. The summed E-state index contributed by atoms with van der Waals surface area (Å²) < 4.78 is 10.6. The highest BCUT2D eigenvalue weighted by Gasteiger charge is 2.12. The first-order chi connectivity index (χ1) is 19.9. The summed E-state index contributed by atoms with van der Waals surface area (Å²) in [4.78, 5) is 27.0. The average Bonchev–Trinajstić information content (AvgIpc) is 3.00. The van der Waals surface area contributed by atoms with Crippen molar-refractivity contribution < 1.29 is 13.9 Å². The van der Waals surface area contributed by atoms with Crippen LogP contribution in [-0.2, 0) is 4.74 Å². The van der Waals surface area contributed by atoms with Crippen LogP contribution in [0.25, 0.3) is 35.3 Å². The fourth-order valence-electron chi connectivity index (χ4n) is 4.75. The molecule has 0 radical (unpaired) electrons. The van der Waals surface area contributed by atoms with Crippen molar-refractivity contribution in [2.75, 3.05) is 25.1 Å². The van der Waals surface area contributed by atoms with Gasteiger partial charge in [-0.25, -0.2) is 9.59 Å². The summed E-state index contributed by atoms with van der Waals surface area (Å²) in [6, 6.07) is 21.6. The maximum atomic E-state index is 13.0. The molecule has 4 rings (SSSR count). The van der Waals surface area contributed by atoms with Gasteiger partial charge in [0, 0.05) is 30.2 Å². The first kappa shape index (κ1) is 29.6. The number of methoxy groups -OCH3 is 1. The molecule has 212 valence electrons. The van der Waals surface area contributed by atoms with Crippen LogP contribution in [0.4, 0.5) is 5.69 Å². The lowest BCUT2D eigenvalue weighted by Crippen LogP contribution is -2.25. The number of esters is 1. The number of unbranched alkanes of at least 4 members (excludes halogenated alkanes) is 2. The maximum Gasteiger partial charge on any atom is 0.343 e. The second kappa shape index (κ2) is 14.3. The van der Waals surface area contributed by atoms with Gasteiger partial charge in [-0.1, -0.05) is 81.3 Å². The summed E-state index contributed by atoms with van der Waals surface area (Å²) in [6.07, 6.45) is 12.4. The zero-order valence-corrected chi connectivity index (χ0v) is 24.5. The zero-order chi connectivity index (χ0) is 29.2. The number of aryl methyl sites for hydroxylation is 1. The molecule has 0 spiro atoms. The highest BCUT2D eigenvalue weighted by Crippen LogP contribution is 2.26. The second-order valence-electron chi connectivity index (χ2n) is 10.2. The van der Waals surface area contributed by atoms with Gasteiger partial charge in [0.05, 0.1) is 18.2 Å². The molecule has 41 heavy (non-hydrogen) atoms. The van der Waals surface area contributed by atoms with Crippen LogP contribution in [0.5, 0.6) is 0 Å². The summed E-state index contributed by atoms with van der Waals surface area (Å²) in [5.74, 6) is -0.345. The lowest BCUT2D eigenvalue weighted by Gasteiger charge is -2.25. The topological polar surface area (TPSA) is 59.8 Å². The van der Waals surface area contributed by atoms with E-state index in [1.165, 1.54) is 7.11 Å². The van der Waals surface area contributed by atoms with E-state index < -0.39 is 0 Å². The third-order valence-electron chi connectivity index (χ3n) is 7.30. The van der Waals surface area contributed by atoms with Crippen LogP contribution in [0.2, 0.25) is 0 Å². The first-order valence-electron chi connectivity index (χ1n) is 14.4. The Hall–Kier alpha value is -4.38. The van der Waals surface area contributed by atoms with Gasteiger partial charge in [-0.3, -0.25) is 0 Å². The van der Waals surface area contributed by atoms with Crippen LogP contribution < -0.4 is 10.5 Å². The number of carbonyl (C=O) groups is 1. The third-order valence-corrected chi connectivity index (χ3v) is 7.30. The minimum Gasteiger partial charge on any atom is -0.465 e. The molecule has 3 aromatic carbocycles. The number of benzene rings is 3. The van der Waals surface area contributed by atoms with Gasteiger partial charge in [0.1, 0.15) is 5.58 Å². The lowest BCUT2D eigenvalue weighted by molar-refractivity contribution is 0.0600. The van der Waals surface area contributed by atoms with Gasteiger partial charge in [-0.2, -0.15) is 0 Å². The molecule has 1 heterocycles. The first-order valence-corrected chi connectivity index (χ1v) is 14.4. The molecule has 1 aromatic heterocycles. The monoisotopic (exact) mass is 549 g/mol. The van der Waals surface area contributed by atoms with Crippen molar-refractivity contribution in [2.45, 2.75) is 46.5 Å². The molecule has 0 unspecified atom stereocenters. The van der Waals surface area contributed by atoms with Crippen molar-refractivity contribution in [3.05, 3.63) is 111 Å². The number of carbonyl (C=O) groups excluding carboxylic acids is 1. The van der Waals surface area contributed by atoms with E-state index in [1.807, 2.05) is 73.7 Å². The smallest absolute Gasteiger partial charge is 0.343 e. The van der Waals surface area contributed by atoms with Gasteiger partial charge >= 0.3 is 11.6 Å². The third kappa shape index (κ3) is 7.63. The number of hydrogen-bond donors (Lipinski definition) is 0. The molecule has 5 heteroatoms. The number of anilines is 1. The minimum absolute atomic E-state index is 0.324. The van der Waals surface area contributed by atoms with Crippen molar-refractivity contribution in [1.82, 2.24) is 0 Å². The summed E-state index contributed by atoms with van der Waals surface area (Å²) in [6.45, 7) is 8.40. The molecule has 0 aliphatic carbocycles. The number of hydrogen-bond acceptors (Lipinski definition) is 5. The lowest BCUT2D eigenvalue weighted by atomic mass is 10.0. The van der Waals surface area contributed by atoms with Crippen LogP contribution >= 0.6 is 0 Å². The van der Waals surface area contributed by atoms with Crippen molar-refractivity contribution >= 4 is 46.9 Å². The van der Waals surface area contributed by atoms with E-state index in [1.54, 1.807) is 12.1 Å². The molecule has 0 saturated heterocycles. The van der Waals surface area contributed by atoms with E-state index >= 15 is 0 Å². The summed E-state index contributed by atoms with van der Waals surface area (Å²) in [7, 11) is 1.37. The molecular weight excluding hydrogens is 510 g/mol. The SMILES string of the molecule is CCCCN(CCCC)c1ccc2c(C)c(/C=C/c3ccc(/C=C/c4ccc(C(=O)OC)cc4)cc3)c(=O)oc2c1. The van der Waals surface area contributed by atoms with Crippen molar-refractivity contribution in [3.8, 4) is 0 Å². The summed E-state index contributed by atoms with van der Waals surface area (Å²) in [5, 5.41) is 0.957. The van der Waals surface area contributed by atoms with Gasteiger partial charge in [0.15, 0.2) is 0 Å². The minimum atomic E-state index is -0.345. The Balaban J connectivity index is 1.49. The quantitative estimate of drug-likeness (QED) is 0.101. The van der Waals surface area contributed by atoms with E-state index in [0.29, 0.717) is 16.7 Å². The largest absolute Gasteiger partial charge is 0.465 e. The van der Waals surface area contributed by atoms with E-state index in [-0.39, 0.29) is 11.6 Å². The fourth-order valence-corrected chi connectivity index (χ4v) is 4.75.